The molecule has 170 valence electrons. The minimum atomic E-state index is 0.772. The smallest absolute Gasteiger partial charge is 0.0340 e. The fourth-order valence-corrected chi connectivity index (χ4v) is 3.56. The number of hydrogen-bond donors (Lipinski definition) is 2. The van der Waals surface area contributed by atoms with Gasteiger partial charge in [-0.3, -0.25) is 0 Å². The molecule has 0 aliphatic rings. The SMILES string of the molecule is CC(C)=CCCC(C)CCNCCc1ccc(NCCC(C)CCC=C(C)C)cc1. The summed E-state index contributed by atoms with van der Waals surface area (Å²) in [4.78, 5) is 0. The van der Waals surface area contributed by atoms with Crippen LogP contribution >= 0.6 is 0 Å². The molecule has 0 heterocycles. The maximum absolute atomic E-state index is 3.61. The van der Waals surface area contributed by atoms with E-state index in [2.05, 4.69) is 88.6 Å². The second kappa shape index (κ2) is 16.2. The topological polar surface area (TPSA) is 24.1 Å². The van der Waals surface area contributed by atoms with Crippen molar-refractivity contribution in [2.45, 2.75) is 86.5 Å². The van der Waals surface area contributed by atoms with Gasteiger partial charge in [0.1, 0.15) is 0 Å². The molecule has 0 fully saturated rings. The average molecular weight is 413 g/mol. The van der Waals surface area contributed by atoms with Crippen LogP contribution < -0.4 is 10.6 Å². The molecule has 1 rings (SSSR count). The van der Waals surface area contributed by atoms with Gasteiger partial charge in [0, 0.05) is 12.2 Å². The summed E-state index contributed by atoms with van der Waals surface area (Å²) in [5.41, 5.74) is 5.53. The molecule has 2 N–H and O–H groups in total. The van der Waals surface area contributed by atoms with Crippen LogP contribution in [0.4, 0.5) is 5.69 Å². The van der Waals surface area contributed by atoms with Gasteiger partial charge in [0.2, 0.25) is 0 Å². The molecule has 30 heavy (non-hydrogen) atoms. The van der Waals surface area contributed by atoms with Gasteiger partial charge in [-0.15, -0.1) is 0 Å². The highest BCUT2D eigenvalue weighted by Crippen LogP contribution is 2.14. The summed E-state index contributed by atoms with van der Waals surface area (Å²) in [6.07, 6.45) is 13.3. The molecule has 2 nitrogen and oxygen atoms in total. The van der Waals surface area contributed by atoms with Crippen LogP contribution in [0.1, 0.15) is 85.6 Å². The van der Waals surface area contributed by atoms with Gasteiger partial charge in [0.15, 0.2) is 0 Å². The minimum Gasteiger partial charge on any atom is -0.385 e. The zero-order valence-corrected chi connectivity index (χ0v) is 20.7. The molecule has 0 saturated heterocycles. The van der Waals surface area contributed by atoms with Crippen molar-refractivity contribution in [2.24, 2.45) is 11.8 Å². The Morgan fingerprint density at radius 2 is 1.27 bits per heavy atom. The molecule has 0 spiro atoms. The fraction of sp³-hybridized carbons (Fsp3) is 0.643. The van der Waals surface area contributed by atoms with Crippen LogP contribution in [0.15, 0.2) is 47.6 Å². The van der Waals surface area contributed by atoms with Crippen molar-refractivity contribution in [1.82, 2.24) is 5.32 Å². The number of anilines is 1. The second-order valence-corrected chi connectivity index (χ2v) is 9.63. The van der Waals surface area contributed by atoms with Crippen molar-refractivity contribution in [3.8, 4) is 0 Å². The van der Waals surface area contributed by atoms with Gasteiger partial charge < -0.3 is 10.6 Å². The summed E-state index contributed by atoms with van der Waals surface area (Å²) in [5, 5.41) is 7.19. The molecular formula is C28H48N2. The highest BCUT2D eigenvalue weighted by molar-refractivity contribution is 5.44. The standard InChI is InChI=1S/C28H48N2/c1-23(2)9-7-11-25(5)17-20-29-21-19-27-13-15-28(16-14-27)30-22-18-26(6)12-8-10-24(3)4/h9-10,13-16,25-26,29-30H,7-8,11-12,17-22H2,1-6H3. The van der Waals surface area contributed by atoms with Gasteiger partial charge >= 0.3 is 0 Å². The molecule has 0 aliphatic heterocycles. The first kappa shape index (κ1) is 26.5. The quantitative estimate of drug-likeness (QED) is 0.214. The third kappa shape index (κ3) is 14.4. The van der Waals surface area contributed by atoms with Gasteiger partial charge in [-0.25, -0.2) is 0 Å². The van der Waals surface area contributed by atoms with E-state index in [-0.39, 0.29) is 0 Å². The monoisotopic (exact) mass is 412 g/mol. The van der Waals surface area contributed by atoms with E-state index in [1.165, 1.54) is 60.9 Å². The predicted octanol–water partition coefficient (Wildman–Crippen LogP) is 7.78. The molecule has 1 aromatic carbocycles. The summed E-state index contributed by atoms with van der Waals surface area (Å²) < 4.78 is 0. The minimum absolute atomic E-state index is 0.772. The normalized spacial score (nSPS) is 12.9. The number of rotatable bonds is 16. The highest BCUT2D eigenvalue weighted by atomic mass is 14.9. The molecule has 2 atom stereocenters. The third-order valence-corrected chi connectivity index (χ3v) is 5.75. The van der Waals surface area contributed by atoms with E-state index >= 15 is 0 Å². The van der Waals surface area contributed by atoms with E-state index in [1.54, 1.807) is 0 Å². The Kier molecular flexibility index (Phi) is 14.3. The molecule has 0 bridgehead atoms. The van der Waals surface area contributed by atoms with Gasteiger partial charge in [-0.1, -0.05) is 49.3 Å². The van der Waals surface area contributed by atoms with Gasteiger partial charge in [0.05, 0.1) is 0 Å². The van der Waals surface area contributed by atoms with E-state index in [0.29, 0.717) is 0 Å². The largest absolute Gasteiger partial charge is 0.385 e. The zero-order valence-electron chi connectivity index (χ0n) is 20.7. The lowest BCUT2D eigenvalue weighted by Gasteiger charge is -2.13. The van der Waals surface area contributed by atoms with Gasteiger partial charge in [-0.05, 0) is 115 Å². The molecule has 1 aromatic rings. The van der Waals surface area contributed by atoms with Crippen molar-refractivity contribution in [1.29, 1.82) is 0 Å². The van der Waals surface area contributed by atoms with Crippen molar-refractivity contribution in [2.75, 3.05) is 25.0 Å². The lowest BCUT2D eigenvalue weighted by Crippen LogP contribution is -2.20. The Hall–Kier alpha value is -1.54. The summed E-state index contributed by atoms with van der Waals surface area (Å²) in [7, 11) is 0. The first-order valence-electron chi connectivity index (χ1n) is 12.2. The fourth-order valence-electron chi connectivity index (χ4n) is 3.56. The molecule has 0 aliphatic carbocycles. The van der Waals surface area contributed by atoms with Crippen molar-refractivity contribution >= 4 is 5.69 Å². The number of benzene rings is 1. The molecule has 0 amide bonds. The molecule has 0 saturated carbocycles. The molecule has 0 radical (unpaired) electrons. The Morgan fingerprint density at radius 1 is 0.733 bits per heavy atom. The Bertz CT molecular complexity index is 604. The molecular weight excluding hydrogens is 364 g/mol. The summed E-state index contributed by atoms with van der Waals surface area (Å²) in [6.45, 7) is 16.7. The molecule has 0 aromatic heterocycles. The summed E-state index contributed by atoms with van der Waals surface area (Å²) >= 11 is 0. The maximum Gasteiger partial charge on any atom is 0.0340 e. The zero-order chi connectivity index (χ0) is 22.2. The van der Waals surface area contributed by atoms with Crippen LogP contribution in [-0.2, 0) is 6.42 Å². The van der Waals surface area contributed by atoms with Crippen LogP contribution in [0, 0.1) is 11.8 Å². The lowest BCUT2D eigenvalue weighted by atomic mass is 10.0. The Labute approximate surface area is 187 Å². The first-order valence-corrected chi connectivity index (χ1v) is 12.2. The molecule has 2 heteroatoms. The molecule has 2 unspecified atom stereocenters. The lowest BCUT2D eigenvalue weighted by molar-refractivity contribution is 0.474. The van der Waals surface area contributed by atoms with Crippen LogP contribution in [0.25, 0.3) is 0 Å². The van der Waals surface area contributed by atoms with Crippen molar-refractivity contribution < 1.29 is 0 Å². The number of nitrogens with one attached hydrogen (secondary N) is 2. The maximum atomic E-state index is 3.61. The van der Waals surface area contributed by atoms with Crippen LogP contribution in [0.5, 0.6) is 0 Å². The van der Waals surface area contributed by atoms with Crippen molar-refractivity contribution in [3.63, 3.8) is 0 Å². The summed E-state index contributed by atoms with van der Waals surface area (Å²) in [6, 6.07) is 9.00. The number of allylic oxidation sites excluding steroid dienone is 4. The Balaban J connectivity index is 2.12. The first-order chi connectivity index (χ1) is 14.4. The average Bonchev–Trinajstić information content (AvgIpc) is 2.68. The van der Waals surface area contributed by atoms with E-state index < -0.39 is 0 Å². The van der Waals surface area contributed by atoms with E-state index in [1.807, 2.05) is 0 Å². The third-order valence-electron chi connectivity index (χ3n) is 5.75. The predicted molar refractivity (Wildman–Crippen MR) is 136 cm³/mol. The Morgan fingerprint density at radius 3 is 1.80 bits per heavy atom. The van der Waals surface area contributed by atoms with E-state index in [4.69, 9.17) is 0 Å². The van der Waals surface area contributed by atoms with Crippen LogP contribution in [0.2, 0.25) is 0 Å². The van der Waals surface area contributed by atoms with Gasteiger partial charge in [0.25, 0.3) is 0 Å². The van der Waals surface area contributed by atoms with Crippen LogP contribution in [-0.4, -0.2) is 19.6 Å². The highest BCUT2D eigenvalue weighted by Gasteiger charge is 2.02. The van der Waals surface area contributed by atoms with E-state index in [0.717, 1.165) is 37.9 Å². The van der Waals surface area contributed by atoms with E-state index in [9.17, 15) is 0 Å². The second-order valence-electron chi connectivity index (χ2n) is 9.63. The van der Waals surface area contributed by atoms with Gasteiger partial charge in [-0.2, -0.15) is 0 Å². The number of hydrogen-bond acceptors (Lipinski definition) is 2. The van der Waals surface area contributed by atoms with Crippen LogP contribution in [0.3, 0.4) is 0 Å². The van der Waals surface area contributed by atoms with Crippen molar-refractivity contribution in [3.05, 3.63) is 53.1 Å². The summed E-state index contributed by atoms with van der Waals surface area (Å²) in [5.74, 6) is 1.57.